The quantitative estimate of drug-likeness (QED) is 0.289. The summed E-state index contributed by atoms with van der Waals surface area (Å²) >= 11 is 0. The zero-order chi connectivity index (χ0) is 22.8. The van der Waals surface area contributed by atoms with E-state index in [0.717, 1.165) is 35.2 Å². The zero-order valence-corrected chi connectivity index (χ0v) is 19.0. The summed E-state index contributed by atoms with van der Waals surface area (Å²) in [6.45, 7) is 4.72. The number of hydrogen-bond donors (Lipinski definition) is 0. The molecule has 4 aromatic carbocycles. The van der Waals surface area contributed by atoms with Gasteiger partial charge >= 0.3 is 0 Å². The highest BCUT2D eigenvalue weighted by molar-refractivity contribution is 6.03. The molecule has 0 unspecified atom stereocenters. The van der Waals surface area contributed by atoms with E-state index in [9.17, 15) is 4.79 Å². The highest BCUT2D eigenvalue weighted by atomic mass is 16.5. The number of aromatic nitrogens is 1. The van der Waals surface area contributed by atoms with Gasteiger partial charge in [0.05, 0.1) is 12.1 Å². The summed E-state index contributed by atoms with van der Waals surface area (Å²) in [4.78, 5) is 13.3. The van der Waals surface area contributed by atoms with Crippen LogP contribution < -0.4 is 4.74 Å². The lowest BCUT2D eigenvalue weighted by atomic mass is 10.0. The second kappa shape index (κ2) is 8.95. The molecule has 0 saturated heterocycles. The monoisotopic (exact) mass is 433 g/mol. The summed E-state index contributed by atoms with van der Waals surface area (Å²) in [6, 6.07) is 30.5. The molecule has 0 aliphatic carbocycles. The fourth-order valence-corrected chi connectivity index (χ4v) is 4.61. The fourth-order valence-electron chi connectivity index (χ4n) is 4.61. The van der Waals surface area contributed by atoms with Gasteiger partial charge in [0.2, 0.25) is 0 Å². The second-order valence-electron chi connectivity index (χ2n) is 8.39. The van der Waals surface area contributed by atoms with Gasteiger partial charge in [0.15, 0.2) is 0 Å². The maximum atomic E-state index is 13.3. The maximum absolute atomic E-state index is 13.3. The first-order chi connectivity index (χ1) is 16.2. The Morgan fingerprint density at radius 1 is 0.818 bits per heavy atom. The minimum atomic E-state index is -0.0157. The van der Waals surface area contributed by atoms with Crippen molar-refractivity contribution in [3.05, 3.63) is 113 Å². The Hall–Kier alpha value is -3.85. The van der Waals surface area contributed by atoms with Crippen molar-refractivity contribution in [3.8, 4) is 5.75 Å². The molecule has 5 aromatic rings. The van der Waals surface area contributed by atoms with Crippen LogP contribution in [0.25, 0.3) is 21.7 Å². The average Bonchev–Trinajstić information content (AvgIpc) is 3.20. The van der Waals surface area contributed by atoms with Crippen molar-refractivity contribution in [1.82, 2.24) is 4.57 Å². The molecule has 0 saturated carbocycles. The highest BCUT2D eigenvalue weighted by Crippen LogP contribution is 2.25. The second-order valence-corrected chi connectivity index (χ2v) is 8.39. The average molecular weight is 434 g/mol. The van der Waals surface area contributed by atoms with Gasteiger partial charge in [0.1, 0.15) is 5.75 Å². The van der Waals surface area contributed by atoms with Gasteiger partial charge in [-0.1, -0.05) is 61.5 Å². The van der Waals surface area contributed by atoms with Gasteiger partial charge in [0, 0.05) is 23.1 Å². The normalized spacial score (nSPS) is 11.2. The number of nitrogens with zero attached hydrogens (tertiary/aromatic N) is 1. The SMILES string of the molecule is CCc1cccc2c1cc(C)n2C(=O)c1ccc(OCCc2cccc3ccccc23)cc1. The van der Waals surface area contributed by atoms with Crippen molar-refractivity contribution >= 4 is 27.6 Å². The summed E-state index contributed by atoms with van der Waals surface area (Å²) in [6.07, 6.45) is 1.77. The fraction of sp³-hybridized carbons (Fsp3) is 0.167. The Kier molecular flexibility index (Phi) is 5.70. The van der Waals surface area contributed by atoms with Gasteiger partial charge in [-0.3, -0.25) is 9.36 Å². The Balaban J connectivity index is 1.30. The lowest BCUT2D eigenvalue weighted by Crippen LogP contribution is -2.13. The molecular weight excluding hydrogens is 406 g/mol. The van der Waals surface area contributed by atoms with E-state index in [1.165, 1.54) is 21.9 Å². The predicted molar refractivity (Wildman–Crippen MR) is 135 cm³/mol. The van der Waals surface area contributed by atoms with Crippen molar-refractivity contribution in [2.75, 3.05) is 6.61 Å². The number of carbonyl (C=O) groups excluding carboxylic acids is 1. The Morgan fingerprint density at radius 3 is 2.36 bits per heavy atom. The number of aryl methyl sites for hydroxylation is 2. The Labute approximate surface area is 194 Å². The van der Waals surface area contributed by atoms with Gasteiger partial charge in [-0.2, -0.15) is 0 Å². The van der Waals surface area contributed by atoms with Crippen LogP contribution in [0, 0.1) is 6.92 Å². The third-order valence-electron chi connectivity index (χ3n) is 6.33. The molecule has 0 fully saturated rings. The van der Waals surface area contributed by atoms with E-state index in [4.69, 9.17) is 4.74 Å². The molecular formula is C30H27NO2. The summed E-state index contributed by atoms with van der Waals surface area (Å²) in [5.41, 5.74) is 5.11. The predicted octanol–water partition coefficient (Wildman–Crippen LogP) is 6.98. The first kappa shape index (κ1) is 21.0. The van der Waals surface area contributed by atoms with Crippen molar-refractivity contribution in [2.45, 2.75) is 26.7 Å². The van der Waals surface area contributed by atoms with Crippen molar-refractivity contribution < 1.29 is 9.53 Å². The first-order valence-electron chi connectivity index (χ1n) is 11.5. The lowest BCUT2D eigenvalue weighted by molar-refractivity contribution is 0.0963. The van der Waals surface area contributed by atoms with Gasteiger partial charge in [-0.25, -0.2) is 0 Å². The van der Waals surface area contributed by atoms with Crippen LogP contribution in [0.15, 0.2) is 91.0 Å². The van der Waals surface area contributed by atoms with Gasteiger partial charge in [0.25, 0.3) is 5.91 Å². The summed E-state index contributed by atoms with van der Waals surface area (Å²) < 4.78 is 7.80. The van der Waals surface area contributed by atoms with E-state index in [-0.39, 0.29) is 5.91 Å². The van der Waals surface area contributed by atoms with Gasteiger partial charge in [-0.05, 0) is 71.6 Å². The van der Waals surface area contributed by atoms with Crippen molar-refractivity contribution in [1.29, 1.82) is 0 Å². The number of ether oxygens (including phenoxy) is 1. The van der Waals surface area contributed by atoms with Gasteiger partial charge < -0.3 is 4.74 Å². The van der Waals surface area contributed by atoms with Crippen LogP contribution in [0.5, 0.6) is 5.75 Å². The molecule has 3 nitrogen and oxygen atoms in total. The van der Waals surface area contributed by atoms with Crippen LogP contribution >= 0.6 is 0 Å². The van der Waals surface area contributed by atoms with Crippen molar-refractivity contribution in [3.63, 3.8) is 0 Å². The zero-order valence-electron chi connectivity index (χ0n) is 19.0. The molecule has 33 heavy (non-hydrogen) atoms. The van der Waals surface area contributed by atoms with Crippen LogP contribution in [0.4, 0.5) is 0 Å². The topological polar surface area (TPSA) is 31.2 Å². The molecule has 5 rings (SSSR count). The number of hydrogen-bond acceptors (Lipinski definition) is 2. The maximum Gasteiger partial charge on any atom is 0.262 e. The molecule has 0 atom stereocenters. The van der Waals surface area contributed by atoms with Crippen LogP contribution in [0.3, 0.4) is 0 Å². The smallest absolute Gasteiger partial charge is 0.262 e. The molecule has 0 aliphatic heterocycles. The molecule has 3 heteroatoms. The van der Waals surface area contributed by atoms with Gasteiger partial charge in [-0.15, -0.1) is 0 Å². The number of benzene rings is 4. The third-order valence-corrected chi connectivity index (χ3v) is 6.33. The molecule has 0 bridgehead atoms. The standard InChI is InChI=1S/C30H27NO2/c1-3-22-9-7-13-29-28(22)20-21(2)31(29)30(32)25-14-16-26(17-15-25)33-19-18-24-11-6-10-23-8-4-5-12-27(23)24/h4-17,20H,3,18-19H2,1-2H3. The van der Waals surface area contributed by atoms with Crippen LogP contribution in [0.2, 0.25) is 0 Å². The third kappa shape index (κ3) is 4.03. The van der Waals surface area contributed by atoms with Crippen LogP contribution in [0.1, 0.15) is 34.1 Å². The number of rotatable bonds is 6. The van der Waals surface area contributed by atoms with Crippen LogP contribution in [-0.2, 0) is 12.8 Å². The number of fused-ring (bicyclic) bond motifs is 2. The summed E-state index contributed by atoms with van der Waals surface area (Å²) in [7, 11) is 0. The Bertz CT molecular complexity index is 1440. The molecule has 1 aromatic heterocycles. The van der Waals surface area contributed by atoms with E-state index in [2.05, 4.69) is 61.5 Å². The minimum Gasteiger partial charge on any atom is -0.493 e. The molecule has 1 heterocycles. The highest BCUT2D eigenvalue weighted by Gasteiger charge is 2.16. The van der Waals surface area contributed by atoms with E-state index in [0.29, 0.717) is 12.2 Å². The molecule has 0 radical (unpaired) electrons. The summed E-state index contributed by atoms with van der Waals surface area (Å²) in [5, 5.41) is 3.67. The largest absolute Gasteiger partial charge is 0.493 e. The Morgan fingerprint density at radius 2 is 1.55 bits per heavy atom. The van der Waals surface area contributed by atoms with Crippen molar-refractivity contribution in [2.24, 2.45) is 0 Å². The number of carbonyl (C=O) groups is 1. The van der Waals surface area contributed by atoms with E-state index >= 15 is 0 Å². The molecule has 0 spiro atoms. The molecule has 0 N–H and O–H groups in total. The van der Waals surface area contributed by atoms with E-state index in [1.807, 2.05) is 47.9 Å². The molecule has 164 valence electrons. The van der Waals surface area contributed by atoms with E-state index < -0.39 is 0 Å². The van der Waals surface area contributed by atoms with E-state index in [1.54, 1.807) is 0 Å². The van der Waals surface area contributed by atoms with Crippen LogP contribution in [-0.4, -0.2) is 17.1 Å². The first-order valence-corrected chi connectivity index (χ1v) is 11.5. The minimum absolute atomic E-state index is 0.0157. The summed E-state index contributed by atoms with van der Waals surface area (Å²) in [5.74, 6) is 0.757. The molecule has 0 amide bonds. The lowest BCUT2D eigenvalue weighted by Gasteiger charge is -2.10. The molecule has 0 aliphatic rings.